The number of fused-ring (bicyclic) bond motifs is 1. The molecule has 6 nitrogen and oxygen atoms in total. The van der Waals surface area contributed by atoms with Crippen LogP contribution < -0.4 is 9.62 Å². The molecule has 1 aromatic carbocycles. The highest BCUT2D eigenvalue weighted by molar-refractivity contribution is 7.94. The average molecular weight is 421 g/mol. The molecule has 0 saturated heterocycles. The van der Waals surface area contributed by atoms with E-state index in [-0.39, 0.29) is 9.77 Å². The minimum atomic E-state index is -3.86. The predicted molar refractivity (Wildman–Crippen MR) is 108 cm³/mol. The number of carbonyl (C=O) groups is 1. The van der Waals surface area contributed by atoms with Gasteiger partial charge in [-0.25, -0.2) is 13.2 Å². The zero-order chi connectivity index (χ0) is 19.0. The van der Waals surface area contributed by atoms with Crippen LogP contribution in [0, 0.1) is 0 Å². The number of carboxylic acid groups (broad SMARTS) is 1. The number of nitrogens with zero attached hydrogens (tertiary/aromatic N) is 1. The molecule has 0 spiro atoms. The first-order chi connectivity index (χ1) is 12.9. The van der Waals surface area contributed by atoms with E-state index in [1.54, 1.807) is 23.5 Å². The Morgan fingerprint density at radius 2 is 2.00 bits per heavy atom. The van der Waals surface area contributed by atoms with Crippen molar-refractivity contribution in [3.05, 3.63) is 63.2 Å². The molecule has 0 bridgehead atoms. The molecule has 2 N–H and O–H groups in total. The molecule has 0 atom stereocenters. The van der Waals surface area contributed by atoms with Gasteiger partial charge in [-0.05, 0) is 41.6 Å². The Kier molecular flexibility index (Phi) is 4.67. The van der Waals surface area contributed by atoms with Gasteiger partial charge in [-0.2, -0.15) is 0 Å². The van der Waals surface area contributed by atoms with Crippen molar-refractivity contribution in [1.29, 1.82) is 0 Å². The summed E-state index contributed by atoms with van der Waals surface area (Å²) < 4.78 is 28.0. The van der Waals surface area contributed by atoms with Crippen LogP contribution in [0.3, 0.4) is 0 Å². The van der Waals surface area contributed by atoms with Crippen molar-refractivity contribution in [1.82, 2.24) is 0 Å². The summed E-state index contributed by atoms with van der Waals surface area (Å²) in [5.74, 6) is -1.15. The minimum Gasteiger partial charge on any atom is -0.478 e. The maximum absolute atomic E-state index is 12.7. The summed E-state index contributed by atoms with van der Waals surface area (Å²) in [4.78, 5) is 14.6. The maximum atomic E-state index is 12.7. The Morgan fingerprint density at radius 3 is 2.78 bits per heavy atom. The smallest absolute Gasteiger partial charge is 0.336 e. The molecular weight excluding hydrogens is 404 g/mol. The zero-order valence-electron chi connectivity index (χ0n) is 14.1. The molecule has 1 aliphatic heterocycles. The van der Waals surface area contributed by atoms with Crippen LogP contribution in [0.15, 0.2) is 51.4 Å². The van der Waals surface area contributed by atoms with E-state index in [9.17, 15) is 13.2 Å². The minimum absolute atomic E-state index is 0.0199. The molecule has 2 aromatic heterocycles. The lowest BCUT2D eigenvalue weighted by Gasteiger charge is -2.30. The molecule has 0 amide bonds. The number of sulfonamides is 1. The first kappa shape index (κ1) is 18.0. The van der Waals surface area contributed by atoms with Crippen molar-refractivity contribution < 1.29 is 18.3 Å². The van der Waals surface area contributed by atoms with Gasteiger partial charge in [0.25, 0.3) is 10.0 Å². The first-order valence-corrected chi connectivity index (χ1v) is 11.4. The largest absolute Gasteiger partial charge is 0.478 e. The second-order valence-corrected chi connectivity index (χ2v) is 9.94. The number of thiophene rings is 2. The monoisotopic (exact) mass is 420 g/mol. The van der Waals surface area contributed by atoms with E-state index in [0.29, 0.717) is 5.69 Å². The lowest BCUT2D eigenvalue weighted by molar-refractivity contribution is 0.0697. The SMILES string of the molecule is O=C(O)c1csc(S(=O)(=O)Nc2ccccc2N2CCc3sccc3C2)c1. The van der Waals surface area contributed by atoms with Gasteiger partial charge in [-0.3, -0.25) is 4.72 Å². The molecule has 0 fully saturated rings. The number of hydrogen-bond acceptors (Lipinski definition) is 6. The molecule has 0 radical (unpaired) electrons. The Labute approximate surface area is 164 Å². The Hall–Kier alpha value is -2.36. The lowest BCUT2D eigenvalue weighted by atomic mass is 10.1. The van der Waals surface area contributed by atoms with Crippen molar-refractivity contribution in [3.8, 4) is 0 Å². The highest BCUT2D eigenvalue weighted by Crippen LogP contribution is 2.34. The number of anilines is 2. The van der Waals surface area contributed by atoms with Crippen LogP contribution in [-0.4, -0.2) is 26.0 Å². The van der Waals surface area contributed by atoms with E-state index >= 15 is 0 Å². The van der Waals surface area contributed by atoms with E-state index < -0.39 is 16.0 Å². The summed E-state index contributed by atoms with van der Waals surface area (Å²) in [6.45, 7) is 1.55. The third-order valence-corrected chi connectivity index (χ3v) is 8.21. The van der Waals surface area contributed by atoms with Crippen LogP contribution in [0.5, 0.6) is 0 Å². The third-order valence-electron chi connectivity index (χ3n) is 4.38. The number of hydrogen-bond donors (Lipinski definition) is 2. The van der Waals surface area contributed by atoms with Gasteiger partial charge in [0.05, 0.1) is 16.9 Å². The Bertz CT molecular complexity index is 1100. The number of aromatic carboxylic acids is 1. The van der Waals surface area contributed by atoms with Gasteiger partial charge in [0.2, 0.25) is 0 Å². The number of benzene rings is 1. The summed E-state index contributed by atoms with van der Waals surface area (Å²) in [5, 5.41) is 12.4. The van der Waals surface area contributed by atoms with Crippen LogP contribution >= 0.6 is 22.7 Å². The van der Waals surface area contributed by atoms with E-state index in [1.165, 1.54) is 21.9 Å². The van der Waals surface area contributed by atoms with Crippen molar-refractivity contribution in [2.75, 3.05) is 16.2 Å². The Balaban J connectivity index is 1.62. The van der Waals surface area contributed by atoms with E-state index in [1.807, 2.05) is 12.1 Å². The van der Waals surface area contributed by atoms with Gasteiger partial charge in [-0.15, -0.1) is 22.7 Å². The van der Waals surface area contributed by atoms with Crippen molar-refractivity contribution in [3.63, 3.8) is 0 Å². The molecule has 0 unspecified atom stereocenters. The van der Waals surface area contributed by atoms with Gasteiger partial charge in [0.1, 0.15) is 4.21 Å². The summed E-state index contributed by atoms with van der Waals surface area (Å²) >= 11 is 2.65. The lowest BCUT2D eigenvalue weighted by Crippen LogP contribution is -2.30. The molecule has 0 saturated carbocycles. The van der Waals surface area contributed by atoms with Gasteiger partial charge in [-0.1, -0.05) is 12.1 Å². The number of carboxylic acids is 1. The second kappa shape index (κ2) is 6.99. The van der Waals surface area contributed by atoms with Crippen molar-refractivity contribution in [2.45, 2.75) is 17.2 Å². The molecule has 0 aliphatic carbocycles. The van der Waals surface area contributed by atoms with Crippen LogP contribution in [0.1, 0.15) is 20.8 Å². The Morgan fingerprint density at radius 1 is 1.19 bits per heavy atom. The molecule has 3 aromatic rings. The van der Waals surface area contributed by atoms with Crippen LogP contribution in [0.4, 0.5) is 11.4 Å². The fourth-order valence-corrected chi connectivity index (χ4v) is 6.17. The van der Waals surface area contributed by atoms with Crippen LogP contribution in [-0.2, 0) is 23.0 Å². The molecule has 4 rings (SSSR count). The number of nitrogens with one attached hydrogen (secondary N) is 1. The fraction of sp³-hybridized carbons (Fsp3) is 0.167. The normalized spacial score (nSPS) is 14.0. The number of para-hydroxylation sites is 2. The summed E-state index contributed by atoms with van der Waals surface area (Å²) in [5.41, 5.74) is 2.54. The molecule has 27 heavy (non-hydrogen) atoms. The summed E-state index contributed by atoms with van der Waals surface area (Å²) in [6, 6.07) is 10.6. The standard InChI is InChI=1S/C18H16N2O4S3/c21-18(22)13-9-17(26-11-13)27(23,24)19-14-3-1-2-4-15(14)20-7-5-16-12(10-20)6-8-25-16/h1-4,6,8-9,11,19H,5,7,10H2,(H,21,22). The van der Waals surface area contributed by atoms with Crippen LogP contribution in [0.25, 0.3) is 0 Å². The van der Waals surface area contributed by atoms with E-state index in [4.69, 9.17) is 5.11 Å². The first-order valence-electron chi connectivity index (χ1n) is 8.18. The predicted octanol–water partition coefficient (Wildman–Crippen LogP) is 3.87. The average Bonchev–Trinajstić information content (AvgIpc) is 3.31. The molecule has 1 aliphatic rings. The summed E-state index contributed by atoms with van der Waals surface area (Å²) in [6.07, 6.45) is 0.932. The molecule has 9 heteroatoms. The summed E-state index contributed by atoms with van der Waals surface area (Å²) in [7, 11) is -3.86. The van der Waals surface area contributed by atoms with Gasteiger partial charge in [0, 0.05) is 23.3 Å². The topological polar surface area (TPSA) is 86.7 Å². The molecule has 140 valence electrons. The molecule has 3 heterocycles. The van der Waals surface area contributed by atoms with Gasteiger partial charge >= 0.3 is 5.97 Å². The third kappa shape index (κ3) is 3.58. The van der Waals surface area contributed by atoms with E-state index in [2.05, 4.69) is 21.1 Å². The zero-order valence-corrected chi connectivity index (χ0v) is 16.5. The fourth-order valence-electron chi connectivity index (χ4n) is 3.05. The second-order valence-electron chi connectivity index (χ2n) is 6.12. The number of rotatable bonds is 5. The quantitative estimate of drug-likeness (QED) is 0.654. The van der Waals surface area contributed by atoms with Gasteiger partial charge in [0.15, 0.2) is 0 Å². The van der Waals surface area contributed by atoms with Gasteiger partial charge < -0.3 is 10.0 Å². The highest BCUT2D eigenvalue weighted by atomic mass is 32.2. The maximum Gasteiger partial charge on any atom is 0.336 e. The van der Waals surface area contributed by atoms with Crippen molar-refractivity contribution >= 4 is 50.0 Å². The van der Waals surface area contributed by atoms with Crippen molar-refractivity contribution in [2.24, 2.45) is 0 Å². The molecular formula is C18H16N2O4S3. The highest BCUT2D eigenvalue weighted by Gasteiger charge is 2.23. The van der Waals surface area contributed by atoms with Crippen LogP contribution in [0.2, 0.25) is 0 Å². The van der Waals surface area contributed by atoms with E-state index in [0.717, 1.165) is 36.5 Å².